The lowest BCUT2D eigenvalue weighted by Crippen LogP contribution is -3.08. The van der Waals surface area contributed by atoms with Gasteiger partial charge in [-0.2, -0.15) is 0 Å². The number of likely N-dealkylation sites (N-methyl/N-ethyl adjacent to an activating group) is 1. The minimum absolute atomic E-state index is 0.138. The second-order valence-corrected chi connectivity index (χ2v) is 6.84. The molecule has 0 spiro atoms. The van der Waals surface area contributed by atoms with Crippen LogP contribution in [0, 0.1) is 12.7 Å². The van der Waals surface area contributed by atoms with E-state index in [9.17, 15) is 9.18 Å². The highest BCUT2D eigenvalue weighted by molar-refractivity contribution is 6.33. The molecule has 7 heteroatoms. The van der Waals surface area contributed by atoms with E-state index in [-0.39, 0.29) is 18.3 Å². The summed E-state index contributed by atoms with van der Waals surface area (Å²) >= 11 is 6.06. The first-order chi connectivity index (χ1) is 12.9. The van der Waals surface area contributed by atoms with E-state index in [1.165, 1.54) is 12.1 Å². The number of nitrogens with zero attached hydrogens (tertiary/aromatic N) is 1. The Morgan fingerprint density at radius 1 is 1.22 bits per heavy atom. The molecule has 2 N–H and O–H groups in total. The van der Waals surface area contributed by atoms with E-state index < -0.39 is 0 Å². The van der Waals surface area contributed by atoms with Crippen molar-refractivity contribution in [2.24, 2.45) is 0 Å². The number of halogens is 2. The summed E-state index contributed by atoms with van der Waals surface area (Å²) in [5.41, 5.74) is 3.00. The molecule has 0 bridgehead atoms. The number of nitrogens with one attached hydrogen (secondary N) is 2. The van der Waals surface area contributed by atoms with Crippen molar-refractivity contribution in [2.45, 2.75) is 13.5 Å². The van der Waals surface area contributed by atoms with Crippen LogP contribution in [0.1, 0.15) is 11.3 Å². The fourth-order valence-corrected chi connectivity index (χ4v) is 2.97. The summed E-state index contributed by atoms with van der Waals surface area (Å²) in [6, 6.07) is 13.2. The van der Waals surface area contributed by atoms with Crippen molar-refractivity contribution < 1.29 is 18.6 Å². The van der Waals surface area contributed by atoms with Crippen molar-refractivity contribution in [1.82, 2.24) is 5.16 Å². The zero-order chi connectivity index (χ0) is 19.4. The third kappa shape index (κ3) is 4.72. The summed E-state index contributed by atoms with van der Waals surface area (Å²) in [7, 11) is 1.90. The molecular weight excluding hydrogens is 369 g/mol. The van der Waals surface area contributed by atoms with Gasteiger partial charge in [-0.05, 0) is 43.3 Å². The maximum Gasteiger partial charge on any atom is 0.279 e. The Morgan fingerprint density at radius 2 is 1.93 bits per heavy atom. The number of quaternary nitrogens is 1. The van der Waals surface area contributed by atoms with Crippen LogP contribution in [-0.2, 0) is 11.3 Å². The van der Waals surface area contributed by atoms with Gasteiger partial charge in [0.1, 0.15) is 18.1 Å². The second kappa shape index (κ2) is 8.33. The second-order valence-electron chi connectivity index (χ2n) is 6.43. The molecule has 0 saturated carbocycles. The molecule has 2 aromatic carbocycles. The summed E-state index contributed by atoms with van der Waals surface area (Å²) in [5.74, 6) is 0.170. The maximum atomic E-state index is 13.1. The van der Waals surface area contributed by atoms with Crippen LogP contribution < -0.4 is 10.2 Å². The van der Waals surface area contributed by atoms with Gasteiger partial charge in [0.15, 0.2) is 12.3 Å². The number of aromatic nitrogens is 1. The van der Waals surface area contributed by atoms with E-state index in [0.717, 1.165) is 21.7 Å². The van der Waals surface area contributed by atoms with E-state index in [1.54, 1.807) is 30.3 Å². The van der Waals surface area contributed by atoms with Crippen molar-refractivity contribution in [3.05, 3.63) is 70.6 Å². The molecule has 0 aliphatic rings. The predicted molar refractivity (Wildman–Crippen MR) is 102 cm³/mol. The van der Waals surface area contributed by atoms with Gasteiger partial charge in [-0.3, -0.25) is 4.79 Å². The maximum absolute atomic E-state index is 13.1. The fourth-order valence-electron chi connectivity index (χ4n) is 2.78. The third-order valence-electron chi connectivity index (χ3n) is 4.21. The molecule has 1 amide bonds. The van der Waals surface area contributed by atoms with Crippen molar-refractivity contribution in [3.8, 4) is 11.3 Å². The molecule has 0 aliphatic carbocycles. The molecule has 1 aromatic heterocycles. The van der Waals surface area contributed by atoms with Crippen LogP contribution in [0.15, 0.2) is 53.1 Å². The Hall–Kier alpha value is -2.70. The first-order valence-electron chi connectivity index (χ1n) is 8.51. The van der Waals surface area contributed by atoms with Gasteiger partial charge < -0.3 is 14.7 Å². The van der Waals surface area contributed by atoms with Gasteiger partial charge in [-0.25, -0.2) is 4.39 Å². The first-order valence-corrected chi connectivity index (χ1v) is 8.88. The number of carbonyl (C=O) groups excluding carboxylic acids is 1. The van der Waals surface area contributed by atoms with E-state index in [0.29, 0.717) is 23.0 Å². The Bertz CT molecular complexity index is 941. The molecule has 0 fully saturated rings. The van der Waals surface area contributed by atoms with Crippen LogP contribution in [-0.4, -0.2) is 24.7 Å². The number of benzene rings is 2. The molecule has 0 saturated heterocycles. The zero-order valence-corrected chi connectivity index (χ0v) is 15.8. The minimum atomic E-state index is -0.301. The summed E-state index contributed by atoms with van der Waals surface area (Å²) in [6.07, 6.45) is 0. The number of para-hydroxylation sites is 1. The monoisotopic (exact) mass is 388 g/mol. The van der Waals surface area contributed by atoms with Gasteiger partial charge in [-0.15, -0.1) is 0 Å². The van der Waals surface area contributed by atoms with E-state index in [4.69, 9.17) is 16.1 Å². The standard InChI is InChI=1S/C20H19ClFN3O2/c1-13-18(24-27-20(13)14-7-9-15(22)10-8-14)11-25(2)12-19(26)23-17-6-4-3-5-16(17)21/h3-10H,11-12H2,1-2H3,(H,23,26)/p+1. The van der Waals surface area contributed by atoms with Crippen LogP contribution in [0.25, 0.3) is 11.3 Å². The lowest BCUT2D eigenvalue weighted by atomic mass is 10.1. The molecule has 5 nitrogen and oxygen atoms in total. The molecular formula is C20H20ClFN3O2+. The first kappa shape index (κ1) is 19.1. The highest BCUT2D eigenvalue weighted by Gasteiger charge is 2.19. The molecule has 27 heavy (non-hydrogen) atoms. The molecule has 3 rings (SSSR count). The Morgan fingerprint density at radius 3 is 2.63 bits per heavy atom. The molecule has 140 valence electrons. The molecule has 1 heterocycles. The highest BCUT2D eigenvalue weighted by atomic mass is 35.5. The van der Waals surface area contributed by atoms with Crippen molar-refractivity contribution in [1.29, 1.82) is 0 Å². The Balaban J connectivity index is 1.63. The van der Waals surface area contributed by atoms with Crippen LogP contribution in [0.2, 0.25) is 5.02 Å². The van der Waals surface area contributed by atoms with Crippen LogP contribution >= 0.6 is 11.6 Å². The van der Waals surface area contributed by atoms with Gasteiger partial charge >= 0.3 is 0 Å². The van der Waals surface area contributed by atoms with Crippen LogP contribution in [0.5, 0.6) is 0 Å². The zero-order valence-electron chi connectivity index (χ0n) is 15.1. The summed E-state index contributed by atoms with van der Waals surface area (Å²) in [4.78, 5) is 13.2. The van der Waals surface area contributed by atoms with Gasteiger partial charge in [-0.1, -0.05) is 28.9 Å². The normalized spacial score (nSPS) is 12.0. The molecule has 0 aliphatic heterocycles. The molecule has 3 aromatic rings. The van der Waals surface area contributed by atoms with Gasteiger partial charge in [0, 0.05) is 11.1 Å². The van der Waals surface area contributed by atoms with Crippen LogP contribution in [0.3, 0.4) is 0 Å². The van der Waals surface area contributed by atoms with Crippen molar-refractivity contribution in [3.63, 3.8) is 0 Å². The summed E-state index contributed by atoms with van der Waals surface area (Å²) in [6.45, 7) is 2.68. The summed E-state index contributed by atoms with van der Waals surface area (Å²) in [5, 5.41) is 7.42. The molecule has 1 unspecified atom stereocenters. The quantitative estimate of drug-likeness (QED) is 0.682. The minimum Gasteiger partial charge on any atom is -0.356 e. The topological polar surface area (TPSA) is 59.6 Å². The highest BCUT2D eigenvalue weighted by Crippen LogP contribution is 2.25. The van der Waals surface area contributed by atoms with Crippen molar-refractivity contribution >= 4 is 23.2 Å². The number of anilines is 1. The number of carbonyl (C=O) groups is 1. The molecule has 0 radical (unpaired) electrons. The van der Waals surface area contributed by atoms with Crippen LogP contribution in [0.4, 0.5) is 10.1 Å². The number of amides is 1. The lowest BCUT2D eigenvalue weighted by molar-refractivity contribution is -0.885. The van der Waals surface area contributed by atoms with Gasteiger partial charge in [0.2, 0.25) is 0 Å². The third-order valence-corrected chi connectivity index (χ3v) is 4.54. The number of rotatable bonds is 6. The van der Waals surface area contributed by atoms with E-state index in [2.05, 4.69) is 10.5 Å². The van der Waals surface area contributed by atoms with E-state index in [1.807, 2.05) is 20.0 Å². The average Bonchev–Trinajstić information content (AvgIpc) is 2.98. The molecule has 1 atom stereocenters. The van der Waals surface area contributed by atoms with Crippen molar-refractivity contribution in [2.75, 3.05) is 18.9 Å². The lowest BCUT2D eigenvalue weighted by Gasteiger charge is -2.13. The van der Waals surface area contributed by atoms with E-state index >= 15 is 0 Å². The summed E-state index contributed by atoms with van der Waals surface area (Å²) < 4.78 is 18.5. The average molecular weight is 389 g/mol. The van der Waals surface area contributed by atoms with Gasteiger partial charge in [0.25, 0.3) is 5.91 Å². The van der Waals surface area contributed by atoms with Gasteiger partial charge in [0.05, 0.1) is 17.8 Å². The predicted octanol–water partition coefficient (Wildman–Crippen LogP) is 3.10. The largest absolute Gasteiger partial charge is 0.356 e. The Labute approximate surface area is 161 Å². The Kier molecular flexibility index (Phi) is 5.88. The fraction of sp³-hybridized carbons (Fsp3) is 0.200. The number of hydrogen-bond acceptors (Lipinski definition) is 3. The SMILES string of the molecule is Cc1c(C[NH+](C)CC(=O)Nc2ccccc2Cl)noc1-c1ccc(F)cc1. The smallest absolute Gasteiger partial charge is 0.279 e. The number of hydrogen-bond donors (Lipinski definition) is 2.